The molecule has 37 heavy (non-hydrogen) atoms. The van der Waals surface area contributed by atoms with Crippen LogP contribution in [0, 0.1) is 78.9 Å². The third-order valence-electron chi connectivity index (χ3n) is 11.1. The van der Waals surface area contributed by atoms with E-state index in [4.69, 9.17) is 0 Å². The molecule has 2 fully saturated rings. The number of rotatable bonds is 3. The number of benzene rings is 2. The summed E-state index contributed by atoms with van der Waals surface area (Å²) in [6.45, 7) is 32.1. The average molecular weight is 537 g/mol. The molecular formula is C36H56Ti+2. The maximum Gasteiger partial charge on any atom is 4.00 e. The fraction of sp³-hybridized carbons (Fsp3) is 0.611. The second-order valence-electron chi connectivity index (χ2n) is 12.7. The van der Waals surface area contributed by atoms with Gasteiger partial charge in [0.05, 0.1) is 0 Å². The van der Waals surface area contributed by atoms with Gasteiger partial charge in [-0.15, -0.1) is 0 Å². The van der Waals surface area contributed by atoms with E-state index in [0.29, 0.717) is 0 Å². The van der Waals surface area contributed by atoms with Gasteiger partial charge in [-0.05, 0) is 76.2 Å². The van der Waals surface area contributed by atoms with Gasteiger partial charge in [-0.25, -0.2) is 0 Å². The van der Waals surface area contributed by atoms with E-state index in [9.17, 15) is 0 Å². The summed E-state index contributed by atoms with van der Waals surface area (Å²) in [6, 6.07) is 20.9. The first kappa shape index (κ1) is 34.2. The predicted octanol–water partition coefficient (Wildman–Crippen LogP) is 10.5. The van der Waals surface area contributed by atoms with Crippen molar-refractivity contribution in [1.82, 2.24) is 0 Å². The first-order chi connectivity index (χ1) is 16.9. The standard InChI is InChI=1S/C16H16.2C10H20.Ti/c1-13(2)16(14-9-5-3-6-10-14)15-11-7-4-8-12-15;2*1-6-7(2)9(4)10(5)8(6)3;/h3-13,16H,1-2H2;2*6-10H,1-5H3;/q-2;;;+4. The molecule has 2 aromatic rings. The van der Waals surface area contributed by atoms with Gasteiger partial charge in [0, 0.05) is 0 Å². The Morgan fingerprint density at radius 3 is 0.757 bits per heavy atom. The fourth-order valence-electron chi connectivity index (χ4n) is 6.85. The molecule has 2 aliphatic rings. The van der Waals surface area contributed by atoms with E-state index >= 15 is 0 Å². The van der Waals surface area contributed by atoms with Gasteiger partial charge in [0.15, 0.2) is 0 Å². The number of hydrogen-bond acceptors (Lipinski definition) is 0. The molecule has 0 unspecified atom stereocenters. The minimum absolute atomic E-state index is 0. The predicted molar refractivity (Wildman–Crippen MR) is 161 cm³/mol. The van der Waals surface area contributed by atoms with Crippen molar-refractivity contribution in [3.8, 4) is 0 Å². The molecular weight excluding hydrogens is 480 g/mol. The second kappa shape index (κ2) is 15.7. The Kier molecular flexibility index (Phi) is 14.5. The molecule has 0 saturated heterocycles. The van der Waals surface area contributed by atoms with Crippen molar-refractivity contribution in [2.75, 3.05) is 0 Å². The molecule has 0 aromatic heterocycles. The Morgan fingerprint density at radius 2 is 0.595 bits per heavy atom. The van der Waals surface area contributed by atoms with Crippen molar-refractivity contribution >= 4 is 0 Å². The summed E-state index contributed by atoms with van der Waals surface area (Å²) in [5.41, 5.74) is 2.56. The first-order valence-electron chi connectivity index (χ1n) is 14.7. The van der Waals surface area contributed by atoms with Gasteiger partial charge in [0.1, 0.15) is 0 Å². The third-order valence-corrected chi connectivity index (χ3v) is 11.1. The molecule has 202 valence electrons. The van der Waals surface area contributed by atoms with E-state index < -0.39 is 0 Å². The average Bonchev–Trinajstić information content (AvgIpc) is 3.15. The molecule has 0 atom stereocenters. The topological polar surface area (TPSA) is 0 Å². The van der Waals surface area contributed by atoms with Crippen LogP contribution in [0.2, 0.25) is 0 Å². The smallest absolute Gasteiger partial charge is 0.369 e. The van der Waals surface area contributed by atoms with Crippen LogP contribution < -0.4 is 0 Å². The molecule has 1 heteroatoms. The summed E-state index contributed by atoms with van der Waals surface area (Å²) < 4.78 is 0. The monoisotopic (exact) mass is 536 g/mol. The summed E-state index contributed by atoms with van der Waals surface area (Å²) in [5, 5.41) is 0. The third kappa shape index (κ3) is 8.57. The van der Waals surface area contributed by atoms with Gasteiger partial charge in [-0.2, -0.15) is 0 Å². The van der Waals surface area contributed by atoms with Gasteiger partial charge in [-0.1, -0.05) is 130 Å². The normalized spacial score (nSPS) is 34.8. The van der Waals surface area contributed by atoms with Gasteiger partial charge in [-0.3, -0.25) is 5.92 Å². The van der Waals surface area contributed by atoms with Crippen LogP contribution >= 0.6 is 0 Å². The largest absolute Gasteiger partial charge is 4.00 e. The summed E-state index contributed by atoms with van der Waals surface area (Å²) in [4.78, 5) is 0. The minimum atomic E-state index is 0. The molecule has 0 radical (unpaired) electrons. The molecule has 0 heterocycles. The summed E-state index contributed by atoms with van der Waals surface area (Å²) in [6.07, 6.45) is 0. The van der Waals surface area contributed by atoms with Crippen LogP contribution in [-0.4, -0.2) is 0 Å². The molecule has 0 N–H and O–H groups in total. The van der Waals surface area contributed by atoms with Crippen LogP contribution in [0.1, 0.15) is 86.3 Å². The molecule has 4 rings (SSSR count). The van der Waals surface area contributed by atoms with Crippen LogP contribution in [0.4, 0.5) is 0 Å². The zero-order chi connectivity index (χ0) is 27.2. The molecule has 2 aromatic carbocycles. The Labute approximate surface area is 246 Å². The van der Waals surface area contributed by atoms with Crippen LogP contribution in [0.15, 0.2) is 60.7 Å². The summed E-state index contributed by atoms with van der Waals surface area (Å²) >= 11 is 0. The van der Waals surface area contributed by atoms with Crippen LogP contribution in [0.5, 0.6) is 0 Å². The van der Waals surface area contributed by atoms with Crippen LogP contribution in [-0.2, 0) is 21.7 Å². The van der Waals surface area contributed by atoms with Crippen LogP contribution in [0.3, 0.4) is 0 Å². The molecule has 2 saturated carbocycles. The zero-order valence-corrected chi connectivity index (χ0v) is 27.2. The van der Waals surface area contributed by atoms with Crippen molar-refractivity contribution in [3.63, 3.8) is 0 Å². The van der Waals surface area contributed by atoms with E-state index in [2.05, 4.69) is 132 Å². The van der Waals surface area contributed by atoms with Crippen molar-refractivity contribution in [1.29, 1.82) is 0 Å². The molecule has 0 aliphatic heterocycles. The van der Waals surface area contributed by atoms with Gasteiger partial charge in [0.25, 0.3) is 0 Å². The van der Waals surface area contributed by atoms with E-state index in [1.165, 1.54) is 11.1 Å². The Balaban J connectivity index is 0.000000287. The molecule has 2 aliphatic carbocycles. The summed E-state index contributed by atoms with van der Waals surface area (Å²) in [7, 11) is 0. The van der Waals surface area contributed by atoms with Gasteiger partial charge < -0.3 is 13.8 Å². The molecule has 0 nitrogen and oxygen atoms in total. The van der Waals surface area contributed by atoms with Crippen molar-refractivity contribution in [2.45, 2.75) is 75.2 Å². The Bertz CT molecular complexity index is 700. The minimum Gasteiger partial charge on any atom is -0.369 e. The fourth-order valence-corrected chi connectivity index (χ4v) is 6.85. The Hall–Kier alpha value is -0.846. The van der Waals surface area contributed by atoms with Gasteiger partial charge >= 0.3 is 21.7 Å². The van der Waals surface area contributed by atoms with E-state index in [1.807, 2.05) is 12.1 Å². The van der Waals surface area contributed by atoms with E-state index in [-0.39, 0.29) is 33.6 Å². The van der Waals surface area contributed by atoms with Gasteiger partial charge in [0.2, 0.25) is 0 Å². The van der Waals surface area contributed by atoms with E-state index in [0.717, 1.165) is 59.2 Å². The van der Waals surface area contributed by atoms with Crippen LogP contribution in [0.25, 0.3) is 0 Å². The van der Waals surface area contributed by atoms with E-state index in [1.54, 1.807) is 0 Å². The van der Waals surface area contributed by atoms with Crippen molar-refractivity contribution in [2.24, 2.45) is 65.1 Å². The summed E-state index contributed by atoms with van der Waals surface area (Å²) in [5.74, 6) is 9.75. The maximum atomic E-state index is 4.08. The second-order valence-corrected chi connectivity index (χ2v) is 12.7. The molecule has 0 spiro atoms. The SMILES string of the molecule is CC1C(C)C(C)C(C)C1C.CC1C(C)C(C)C(C)C1C.[CH2-]C([CH2-])C(c1ccccc1)c1ccccc1.[Ti+4]. The molecule has 0 bridgehead atoms. The number of hydrogen-bond donors (Lipinski definition) is 0. The maximum absolute atomic E-state index is 4.08. The quantitative estimate of drug-likeness (QED) is 0.270. The Morgan fingerprint density at radius 1 is 0.405 bits per heavy atom. The van der Waals surface area contributed by atoms with Crippen molar-refractivity contribution < 1.29 is 21.7 Å². The zero-order valence-electron chi connectivity index (χ0n) is 25.6. The first-order valence-corrected chi connectivity index (χ1v) is 14.7. The van der Waals surface area contributed by atoms with Crippen molar-refractivity contribution in [3.05, 3.63) is 85.6 Å². The molecule has 0 amide bonds.